The zero-order valence-electron chi connectivity index (χ0n) is 10.1. The maximum atomic E-state index is 11.1. The number of nitrogens with zero attached hydrogens (tertiary/aromatic N) is 3. The van der Waals surface area contributed by atoms with E-state index in [0.717, 1.165) is 0 Å². The Balaban J connectivity index is 3.04. The van der Waals surface area contributed by atoms with Crippen LogP contribution in [0.4, 0.5) is 5.69 Å². The molecule has 0 aliphatic heterocycles. The van der Waals surface area contributed by atoms with Crippen LogP contribution in [0.2, 0.25) is 0 Å². The summed E-state index contributed by atoms with van der Waals surface area (Å²) in [7, 11) is 3.33. The predicted octanol–water partition coefficient (Wildman–Crippen LogP) is 1.84. The van der Waals surface area contributed by atoms with Crippen molar-refractivity contribution in [2.75, 3.05) is 13.7 Å². The minimum atomic E-state index is -0.353. The van der Waals surface area contributed by atoms with E-state index in [1.807, 2.05) is 6.92 Å². The summed E-state index contributed by atoms with van der Waals surface area (Å²) in [6.07, 6.45) is 1.08. The van der Waals surface area contributed by atoms with Gasteiger partial charge in [-0.05, 0) is 6.42 Å². The van der Waals surface area contributed by atoms with Crippen LogP contribution < -0.4 is 0 Å². The molecule has 1 heterocycles. The number of hydrogen-bond acceptors (Lipinski definition) is 4. The lowest BCUT2D eigenvalue weighted by Gasteiger charge is -2.07. The van der Waals surface area contributed by atoms with Crippen molar-refractivity contribution in [1.29, 1.82) is 0 Å². The van der Waals surface area contributed by atoms with Gasteiger partial charge in [-0.1, -0.05) is 22.9 Å². The van der Waals surface area contributed by atoms with E-state index in [1.165, 1.54) is 0 Å². The number of alkyl halides is 1. The molecule has 0 radical (unpaired) electrons. The highest BCUT2D eigenvalue weighted by atomic mass is 79.9. The van der Waals surface area contributed by atoms with Gasteiger partial charge in [-0.3, -0.25) is 14.8 Å². The summed E-state index contributed by atoms with van der Waals surface area (Å²) in [4.78, 5) is 10.8. The van der Waals surface area contributed by atoms with Crippen LogP contribution in [0.25, 0.3) is 0 Å². The lowest BCUT2D eigenvalue weighted by atomic mass is 10.2. The van der Waals surface area contributed by atoms with Crippen molar-refractivity contribution < 1.29 is 9.66 Å². The van der Waals surface area contributed by atoms with Crippen molar-refractivity contribution in [3.63, 3.8) is 0 Å². The second kappa shape index (κ2) is 6.11. The third kappa shape index (κ3) is 3.26. The quantitative estimate of drug-likeness (QED) is 0.457. The topological polar surface area (TPSA) is 70.2 Å². The van der Waals surface area contributed by atoms with Gasteiger partial charge >= 0.3 is 5.69 Å². The Morgan fingerprint density at radius 3 is 2.76 bits per heavy atom. The molecule has 0 aliphatic rings. The minimum absolute atomic E-state index is 0.0475. The third-order valence-electron chi connectivity index (χ3n) is 2.49. The lowest BCUT2D eigenvalue weighted by molar-refractivity contribution is -0.386. The number of methoxy groups -OCH3 is 1. The van der Waals surface area contributed by atoms with Crippen molar-refractivity contribution >= 4 is 21.6 Å². The fourth-order valence-electron chi connectivity index (χ4n) is 1.74. The van der Waals surface area contributed by atoms with Gasteiger partial charge in [0.05, 0.1) is 11.5 Å². The molecule has 96 valence electrons. The smallest absolute Gasteiger partial charge is 0.313 e. The molecule has 1 aromatic heterocycles. The van der Waals surface area contributed by atoms with Crippen molar-refractivity contribution in [1.82, 2.24) is 9.78 Å². The number of halogens is 1. The molecule has 6 nitrogen and oxygen atoms in total. The van der Waals surface area contributed by atoms with Crippen LogP contribution in [-0.2, 0) is 24.6 Å². The van der Waals surface area contributed by atoms with Crippen LogP contribution in [0.3, 0.4) is 0 Å². The highest BCUT2D eigenvalue weighted by Crippen LogP contribution is 2.26. The first-order valence-corrected chi connectivity index (χ1v) is 6.24. The molecule has 1 unspecified atom stereocenters. The predicted molar refractivity (Wildman–Crippen MR) is 67.5 cm³/mol. The van der Waals surface area contributed by atoms with Crippen molar-refractivity contribution in [2.24, 2.45) is 7.05 Å². The summed E-state index contributed by atoms with van der Waals surface area (Å²) in [6, 6.07) is 0. The molecule has 1 aromatic rings. The van der Waals surface area contributed by atoms with E-state index in [2.05, 4.69) is 21.0 Å². The summed E-state index contributed by atoms with van der Waals surface area (Å²) >= 11 is 3.43. The zero-order chi connectivity index (χ0) is 13.0. The molecule has 7 heteroatoms. The average molecular weight is 306 g/mol. The molecule has 0 N–H and O–H groups in total. The first-order chi connectivity index (χ1) is 8.01. The largest absolute Gasteiger partial charge is 0.384 e. The van der Waals surface area contributed by atoms with Crippen molar-refractivity contribution in [2.45, 2.75) is 24.6 Å². The molecular weight excluding hydrogens is 290 g/mol. The van der Waals surface area contributed by atoms with E-state index >= 15 is 0 Å². The van der Waals surface area contributed by atoms with Crippen LogP contribution in [0.15, 0.2) is 0 Å². The van der Waals surface area contributed by atoms with Crippen LogP contribution in [0.5, 0.6) is 0 Å². The van der Waals surface area contributed by atoms with Gasteiger partial charge in [0.25, 0.3) is 0 Å². The number of nitro groups is 1. The maximum absolute atomic E-state index is 11.1. The molecule has 0 saturated carbocycles. The lowest BCUT2D eigenvalue weighted by Crippen LogP contribution is -2.13. The molecule has 0 amide bonds. The standard InChI is InChI=1S/C10H16BrN3O3/c1-4-8-10(14(15)16)9(13(2)12-8)5-7(11)6-17-3/h7H,4-6H2,1-3H3. The van der Waals surface area contributed by atoms with Crippen LogP contribution >= 0.6 is 15.9 Å². The second-order valence-corrected chi connectivity index (χ2v) is 5.03. The number of ether oxygens (including phenoxy) is 1. The molecular formula is C10H16BrN3O3. The highest BCUT2D eigenvalue weighted by Gasteiger charge is 2.26. The molecule has 0 aromatic carbocycles. The fraction of sp³-hybridized carbons (Fsp3) is 0.700. The monoisotopic (exact) mass is 305 g/mol. The minimum Gasteiger partial charge on any atom is -0.384 e. The van der Waals surface area contributed by atoms with Crippen LogP contribution in [0.1, 0.15) is 18.3 Å². The van der Waals surface area contributed by atoms with E-state index in [9.17, 15) is 10.1 Å². The Hall–Kier alpha value is -0.950. The summed E-state index contributed by atoms with van der Waals surface area (Å²) in [5.74, 6) is 0. The Kier molecular flexibility index (Phi) is 5.07. The number of aromatic nitrogens is 2. The number of hydrogen-bond donors (Lipinski definition) is 0. The summed E-state index contributed by atoms with van der Waals surface area (Å²) in [6.45, 7) is 2.36. The maximum Gasteiger partial charge on any atom is 0.313 e. The second-order valence-electron chi connectivity index (χ2n) is 3.73. The van der Waals surface area contributed by atoms with Gasteiger partial charge in [-0.15, -0.1) is 0 Å². The van der Waals surface area contributed by atoms with Gasteiger partial charge in [-0.2, -0.15) is 5.10 Å². The Morgan fingerprint density at radius 1 is 1.65 bits per heavy atom. The first-order valence-electron chi connectivity index (χ1n) is 5.33. The van der Waals surface area contributed by atoms with Gasteiger partial charge in [0.15, 0.2) is 0 Å². The van der Waals surface area contributed by atoms with E-state index in [1.54, 1.807) is 18.8 Å². The molecule has 0 bridgehead atoms. The van der Waals surface area contributed by atoms with Gasteiger partial charge in [0.2, 0.25) is 0 Å². The van der Waals surface area contributed by atoms with E-state index in [-0.39, 0.29) is 15.4 Å². The summed E-state index contributed by atoms with van der Waals surface area (Å²) in [5, 5.41) is 15.2. The zero-order valence-corrected chi connectivity index (χ0v) is 11.7. The van der Waals surface area contributed by atoms with E-state index in [4.69, 9.17) is 4.74 Å². The summed E-state index contributed by atoms with van der Waals surface area (Å²) in [5.41, 5.74) is 1.30. The molecule has 0 spiro atoms. The van der Waals surface area contributed by atoms with Crippen LogP contribution in [-0.4, -0.2) is 33.2 Å². The molecule has 17 heavy (non-hydrogen) atoms. The first kappa shape index (κ1) is 14.1. The van der Waals surface area contributed by atoms with Gasteiger partial charge in [0, 0.05) is 25.4 Å². The van der Waals surface area contributed by atoms with E-state index in [0.29, 0.717) is 30.8 Å². The fourth-order valence-corrected chi connectivity index (χ4v) is 2.31. The van der Waals surface area contributed by atoms with Gasteiger partial charge in [0.1, 0.15) is 11.4 Å². The molecule has 0 aliphatic carbocycles. The molecule has 0 saturated heterocycles. The molecule has 1 rings (SSSR count). The van der Waals surface area contributed by atoms with Crippen molar-refractivity contribution in [3.8, 4) is 0 Å². The SMILES string of the molecule is CCc1nn(C)c(CC(Br)COC)c1[N+](=O)[O-]. The van der Waals surface area contributed by atoms with Gasteiger partial charge < -0.3 is 4.74 Å². The highest BCUT2D eigenvalue weighted by molar-refractivity contribution is 9.09. The molecule has 1 atom stereocenters. The number of aryl methyl sites for hydroxylation is 2. The molecule has 0 fully saturated rings. The average Bonchev–Trinajstić information content (AvgIpc) is 2.56. The Labute approximate surface area is 108 Å². The van der Waals surface area contributed by atoms with Crippen LogP contribution in [0, 0.1) is 10.1 Å². The Morgan fingerprint density at radius 2 is 2.29 bits per heavy atom. The van der Waals surface area contributed by atoms with Crippen molar-refractivity contribution in [3.05, 3.63) is 21.5 Å². The van der Waals surface area contributed by atoms with E-state index < -0.39 is 0 Å². The third-order valence-corrected chi connectivity index (χ3v) is 3.08. The summed E-state index contributed by atoms with van der Waals surface area (Å²) < 4.78 is 6.59. The number of rotatable bonds is 6. The Bertz CT molecular complexity index is 406. The normalized spacial score (nSPS) is 12.7. The van der Waals surface area contributed by atoms with Gasteiger partial charge in [-0.25, -0.2) is 0 Å².